The van der Waals surface area contributed by atoms with Crippen LogP contribution in [0.2, 0.25) is 0 Å². The molecular formula is C13H18N4O3S. The first kappa shape index (κ1) is 14.4. The summed E-state index contributed by atoms with van der Waals surface area (Å²) >= 11 is 1.16. The molecule has 1 aromatic heterocycles. The molecule has 1 amide bonds. The van der Waals surface area contributed by atoms with Gasteiger partial charge in [-0.05, 0) is 0 Å². The molecular weight excluding hydrogens is 292 g/mol. The predicted octanol–water partition coefficient (Wildman–Crippen LogP) is -0.803. The van der Waals surface area contributed by atoms with Gasteiger partial charge in [-0.25, -0.2) is 0 Å². The highest BCUT2D eigenvalue weighted by Gasteiger charge is 2.21. The molecule has 1 N–H and O–H groups in total. The molecule has 3 heterocycles. The van der Waals surface area contributed by atoms with Crippen molar-refractivity contribution in [3.8, 4) is 5.88 Å². The minimum absolute atomic E-state index is 0.0459. The summed E-state index contributed by atoms with van der Waals surface area (Å²) in [5.41, 5.74) is 2.03. The second kappa shape index (κ2) is 6.50. The van der Waals surface area contributed by atoms with Crippen molar-refractivity contribution >= 4 is 23.2 Å². The van der Waals surface area contributed by atoms with Gasteiger partial charge < -0.3 is 19.3 Å². The van der Waals surface area contributed by atoms with Crippen LogP contribution in [0.5, 0.6) is 5.88 Å². The standard InChI is InChI=1S/C13H17N4O3S/c1-16-4-2-3-10(7-16)12-13(15-21-14-12)20-6-5-17-9-19-8-11(17)18/h3,9H,2,4-8H2,1H3/q-1/p+1. The zero-order chi connectivity index (χ0) is 14.7. The third kappa shape index (κ3) is 3.39. The van der Waals surface area contributed by atoms with Crippen molar-refractivity contribution in [2.24, 2.45) is 0 Å². The molecule has 2 aliphatic heterocycles. The summed E-state index contributed by atoms with van der Waals surface area (Å²) in [6.45, 7) is 4.47. The molecule has 1 atom stereocenters. The number of quaternary nitrogens is 1. The van der Waals surface area contributed by atoms with E-state index >= 15 is 0 Å². The molecule has 1 unspecified atom stereocenters. The molecule has 0 spiro atoms. The highest BCUT2D eigenvalue weighted by Crippen LogP contribution is 2.24. The average molecular weight is 310 g/mol. The summed E-state index contributed by atoms with van der Waals surface area (Å²) < 4.78 is 19.2. The number of nitrogens with zero attached hydrogens (tertiary/aromatic N) is 3. The molecule has 3 rings (SSSR count). The van der Waals surface area contributed by atoms with Crippen molar-refractivity contribution in [1.29, 1.82) is 0 Å². The smallest absolute Gasteiger partial charge is 0.253 e. The Morgan fingerprint density at radius 2 is 2.48 bits per heavy atom. The second-order valence-electron chi connectivity index (χ2n) is 5.17. The van der Waals surface area contributed by atoms with E-state index in [0.717, 1.165) is 36.9 Å². The molecule has 8 heteroatoms. The third-order valence-corrected chi connectivity index (χ3v) is 4.03. The lowest BCUT2D eigenvalue weighted by Gasteiger charge is -2.23. The Hall–Kier alpha value is -1.51. The maximum atomic E-state index is 11.4. The summed E-state index contributed by atoms with van der Waals surface area (Å²) in [6.07, 6.45) is 3.26. The number of ether oxygens (including phenoxy) is 2. The highest BCUT2D eigenvalue weighted by molar-refractivity contribution is 6.99. The lowest BCUT2D eigenvalue weighted by molar-refractivity contribution is -0.872. The first-order valence-corrected chi connectivity index (χ1v) is 7.67. The van der Waals surface area contributed by atoms with Gasteiger partial charge in [0.15, 0.2) is 0 Å². The minimum atomic E-state index is -0.0459. The number of amides is 1. The topological polar surface area (TPSA) is 69.0 Å². The van der Waals surface area contributed by atoms with Crippen molar-refractivity contribution in [2.45, 2.75) is 6.42 Å². The van der Waals surface area contributed by atoms with Gasteiger partial charge in [0.1, 0.15) is 18.8 Å². The molecule has 114 valence electrons. The lowest BCUT2D eigenvalue weighted by Crippen LogP contribution is -3.09. The van der Waals surface area contributed by atoms with Crippen LogP contribution in [0.3, 0.4) is 0 Å². The van der Waals surface area contributed by atoms with E-state index in [1.54, 1.807) is 0 Å². The molecule has 0 aromatic carbocycles. The lowest BCUT2D eigenvalue weighted by atomic mass is 10.1. The van der Waals surface area contributed by atoms with Gasteiger partial charge in [-0.3, -0.25) is 4.79 Å². The molecule has 2 aliphatic rings. The van der Waals surface area contributed by atoms with Crippen molar-refractivity contribution in [1.82, 2.24) is 13.6 Å². The zero-order valence-corrected chi connectivity index (χ0v) is 12.7. The molecule has 7 nitrogen and oxygen atoms in total. The first-order chi connectivity index (χ1) is 10.2. The van der Waals surface area contributed by atoms with Gasteiger partial charge in [0.25, 0.3) is 5.88 Å². The van der Waals surface area contributed by atoms with Crippen LogP contribution in [0.1, 0.15) is 12.1 Å². The van der Waals surface area contributed by atoms with Gasteiger partial charge in [0.05, 0.1) is 31.9 Å². The van der Waals surface area contributed by atoms with E-state index in [0.29, 0.717) is 19.0 Å². The summed E-state index contributed by atoms with van der Waals surface area (Å²) in [6, 6.07) is 0. The number of carbonyl (C=O) groups is 1. The number of hydrogen-bond acceptors (Lipinski definition) is 6. The van der Waals surface area contributed by atoms with E-state index < -0.39 is 0 Å². The van der Waals surface area contributed by atoms with Crippen LogP contribution in [0.25, 0.3) is 5.57 Å². The van der Waals surface area contributed by atoms with Gasteiger partial charge >= 0.3 is 0 Å². The quantitative estimate of drug-likeness (QED) is 0.721. The summed E-state index contributed by atoms with van der Waals surface area (Å²) in [5, 5.41) is 0. The van der Waals surface area contributed by atoms with Crippen LogP contribution in [0.15, 0.2) is 6.08 Å². The maximum Gasteiger partial charge on any atom is 0.253 e. The Balaban J connectivity index is 1.58. The van der Waals surface area contributed by atoms with E-state index in [2.05, 4.69) is 21.9 Å². The minimum Gasteiger partial charge on any atom is -0.525 e. The normalized spacial score (nSPS) is 22.5. The predicted molar refractivity (Wildman–Crippen MR) is 76.6 cm³/mol. The van der Waals surface area contributed by atoms with E-state index in [-0.39, 0.29) is 12.5 Å². The Bertz CT molecular complexity index is 545. The van der Waals surface area contributed by atoms with Crippen LogP contribution < -0.4 is 9.64 Å². The molecule has 1 saturated heterocycles. The van der Waals surface area contributed by atoms with E-state index in [4.69, 9.17) is 9.47 Å². The fraction of sp³-hybridized carbons (Fsp3) is 0.538. The van der Waals surface area contributed by atoms with Gasteiger partial charge in [-0.1, -0.05) is 6.08 Å². The maximum absolute atomic E-state index is 11.4. The Labute approximate surface area is 127 Å². The molecule has 0 bridgehead atoms. The highest BCUT2D eigenvalue weighted by atomic mass is 32.1. The summed E-state index contributed by atoms with van der Waals surface area (Å²) in [4.78, 5) is 14.4. The second-order valence-corrected chi connectivity index (χ2v) is 5.70. The molecule has 1 aromatic rings. The molecule has 1 fully saturated rings. The van der Waals surface area contributed by atoms with Crippen molar-refractivity contribution < 1.29 is 19.2 Å². The van der Waals surface area contributed by atoms with Gasteiger partial charge in [-0.15, -0.1) is 11.1 Å². The SMILES string of the molecule is C[NH+]1CCC=C(c2nsnc2OCCN2[CH-]OCC2=O)C1. The number of nitrogens with one attached hydrogen (secondary N) is 1. The van der Waals surface area contributed by atoms with Crippen LogP contribution in [0, 0.1) is 6.73 Å². The Kier molecular flexibility index (Phi) is 4.47. The third-order valence-electron chi connectivity index (χ3n) is 3.52. The molecule has 0 aliphatic carbocycles. The largest absolute Gasteiger partial charge is 0.525 e. The monoisotopic (exact) mass is 310 g/mol. The average Bonchev–Trinajstić information content (AvgIpc) is 3.09. The van der Waals surface area contributed by atoms with Crippen LogP contribution in [-0.4, -0.2) is 59.4 Å². The van der Waals surface area contributed by atoms with Crippen LogP contribution >= 0.6 is 11.7 Å². The zero-order valence-electron chi connectivity index (χ0n) is 11.9. The van der Waals surface area contributed by atoms with Gasteiger partial charge in [-0.2, -0.15) is 4.37 Å². The summed E-state index contributed by atoms with van der Waals surface area (Å²) in [5.74, 6) is 0.518. The van der Waals surface area contributed by atoms with Gasteiger partial charge in [0.2, 0.25) is 5.91 Å². The number of carbonyl (C=O) groups excluding carboxylic acids is 1. The van der Waals surface area contributed by atoms with E-state index in [1.165, 1.54) is 22.1 Å². The number of likely N-dealkylation sites (N-methyl/N-ethyl adjacent to an activating group) is 1. The number of rotatable bonds is 5. The van der Waals surface area contributed by atoms with Crippen molar-refractivity contribution in [3.63, 3.8) is 0 Å². The Morgan fingerprint density at radius 3 is 3.24 bits per heavy atom. The van der Waals surface area contributed by atoms with Crippen molar-refractivity contribution in [3.05, 3.63) is 18.5 Å². The van der Waals surface area contributed by atoms with Gasteiger partial charge in [0, 0.05) is 18.5 Å². The number of aromatic nitrogens is 2. The van der Waals surface area contributed by atoms with Crippen LogP contribution in [0.4, 0.5) is 0 Å². The van der Waals surface area contributed by atoms with E-state index in [9.17, 15) is 4.79 Å². The Morgan fingerprint density at radius 1 is 1.57 bits per heavy atom. The van der Waals surface area contributed by atoms with Crippen LogP contribution in [-0.2, 0) is 9.53 Å². The summed E-state index contributed by atoms with van der Waals surface area (Å²) in [7, 11) is 2.17. The first-order valence-electron chi connectivity index (χ1n) is 6.94. The van der Waals surface area contributed by atoms with Crippen molar-refractivity contribution in [2.75, 3.05) is 39.9 Å². The number of hydrogen-bond donors (Lipinski definition) is 1. The molecule has 0 saturated carbocycles. The fourth-order valence-electron chi connectivity index (χ4n) is 2.39. The molecule has 0 radical (unpaired) electrons. The van der Waals surface area contributed by atoms with E-state index in [1.807, 2.05) is 0 Å². The fourth-order valence-corrected chi connectivity index (χ4v) is 2.92. The molecule has 21 heavy (non-hydrogen) atoms.